The third-order valence-corrected chi connectivity index (χ3v) is 8.38. The van der Waals surface area contributed by atoms with Crippen molar-refractivity contribution in [3.63, 3.8) is 0 Å². The summed E-state index contributed by atoms with van der Waals surface area (Å²) in [6, 6.07) is 5.09. The number of hydrogen-bond donors (Lipinski definition) is 1. The number of thioether (sulfide) groups is 1. The second kappa shape index (κ2) is 9.53. The standard InChI is InChI=1S/C21H31N5O2S2/c1-6-9-12-26-16(5)15(4)22-21(26)29-14-20-23-18-11-10-17(13-19(18)24-20)30(27,28)25(7-2)8-3/h10-11,13H,6-9,12,14H2,1-5H3,(H,23,24). The van der Waals surface area contributed by atoms with Crippen LogP contribution in [0.5, 0.6) is 0 Å². The number of H-pyrrole nitrogens is 1. The number of rotatable bonds is 10. The maximum atomic E-state index is 12.8. The molecule has 7 nitrogen and oxygen atoms in total. The van der Waals surface area contributed by atoms with Gasteiger partial charge in [0.1, 0.15) is 5.82 Å². The first-order valence-corrected chi connectivity index (χ1v) is 12.9. The summed E-state index contributed by atoms with van der Waals surface area (Å²) in [6.45, 7) is 11.9. The first-order valence-electron chi connectivity index (χ1n) is 10.5. The van der Waals surface area contributed by atoms with Gasteiger partial charge in [-0.1, -0.05) is 39.0 Å². The van der Waals surface area contributed by atoms with E-state index in [0.29, 0.717) is 23.7 Å². The van der Waals surface area contributed by atoms with Crippen molar-refractivity contribution in [2.45, 2.75) is 69.8 Å². The van der Waals surface area contributed by atoms with Gasteiger partial charge in [-0.2, -0.15) is 4.31 Å². The minimum absolute atomic E-state index is 0.294. The van der Waals surface area contributed by atoms with E-state index in [-0.39, 0.29) is 0 Å². The molecule has 0 spiro atoms. The lowest BCUT2D eigenvalue weighted by molar-refractivity contribution is 0.445. The number of hydrogen-bond acceptors (Lipinski definition) is 5. The first kappa shape index (κ1) is 22.8. The summed E-state index contributed by atoms with van der Waals surface area (Å²) in [4.78, 5) is 12.9. The summed E-state index contributed by atoms with van der Waals surface area (Å²) in [5.41, 5.74) is 3.78. The first-order chi connectivity index (χ1) is 14.3. The van der Waals surface area contributed by atoms with Crippen molar-refractivity contribution in [3.8, 4) is 0 Å². The van der Waals surface area contributed by atoms with Crippen LogP contribution in [0, 0.1) is 13.8 Å². The second-order valence-corrected chi connectivity index (χ2v) is 10.2. The summed E-state index contributed by atoms with van der Waals surface area (Å²) in [5, 5.41) is 1.00. The van der Waals surface area contributed by atoms with Crippen LogP contribution in [0.15, 0.2) is 28.3 Å². The zero-order valence-corrected chi connectivity index (χ0v) is 20.0. The van der Waals surface area contributed by atoms with Crippen LogP contribution >= 0.6 is 11.8 Å². The molecule has 0 amide bonds. The number of aromatic amines is 1. The molecule has 9 heteroatoms. The fraction of sp³-hybridized carbons (Fsp3) is 0.524. The lowest BCUT2D eigenvalue weighted by Gasteiger charge is -2.18. The maximum Gasteiger partial charge on any atom is 0.243 e. The molecule has 1 N–H and O–H groups in total. The number of benzene rings is 1. The van der Waals surface area contributed by atoms with Crippen LogP contribution in [0.25, 0.3) is 11.0 Å². The number of nitrogens with one attached hydrogen (secondary N) is 1. The van der Waals surface area contributed by atoms with Crippen molar-refractivity contribution in [3.05, 3.63) is 35.4 Å². The van der Waals surface area contributed by atoms with E-state index in [1.54, 1.807) is 30.0 Å². The molecule has 2 heterocycles. The topological polar surface area (TPSA) is 83.9 Å². The highest BCUT2D eigenvalue weighted by atomic mass is 32.2. The Labute approximate surface area is 183 Å². The lowest BCUT2D eigenvalue weighted by atomic mass is 10.3. The third-order valence-electron chi connectivity index (χ3n) is 5.34. The van der Waals surface area contributed by atoms with Gasteiger partial charge in [-0.25, -0.2) is 18.4 Å². The molecule has 0 aliphatic heterocycles. The largest absolute Gasteiger partial charge is 0.341 e. The van der Waals surface area contributed by atoms with Crippen molar-refractivity contribution < 1.29 is 8.42 Å². The van der Waals surface area contributed by atoms with Crippen LogP contribution in [0.3, 0.4) is 0 Å². The molecule has 2 aromatic heterocycles. The number of aromatic nitrogens is 4. The van der Waals surface area contributed by atoms with Crippen LogP contribution < -0.4 is 0 Å². The van der Waals surface area contributed by atoms with Gasteiger partial charge in [0.2, 0.25) is 10.0 Å². The minimum atomic E-state index is -3.49. The van der Waals surface area contributed by atoms with E-state index in [9.17, 15) is 8.42 Å². The molecule has 3 rings (SSSR count). The van der Waals surface area contributed by atoms with E-state index in [2.05, 4.69) is 28.4 Å². The van der Waals surface area contributed by atoms with Crippen LogP contribution in [0.2, 0.25) is 0 Å². The average Bonchev–Trinajstić information content (AvgIpc) is 3.25. The summed E-state index contributed by atoms with van der Waals surface area (Å²) >= 11 is 1.65. The Balaban J connectivity index is 1.82. The highest BCUT2D eigenvalue weighted by Crippen LogP contribution is 2.26. The molecule has 0 saturated carbocycles. The Bertz CT molecular complexity index is 1110. The molecule has 0 aliphatic carbocycles. The summed E-state index contributed by atoms with van der Waals surface area (Å²) in [5.74, 6) is 1.46. The molecule has 0 saturated heterocycles. The van der Waals surface area contributed by atoms with Crippen molar-refractivity contribution >= 4 is 32.8 Å². The highest BCUT2D eigenvalue weighted by Gasteiger charge is 2.22. The van der Waals surface area contributed by atoms with Gasteiger partial charge in [-0.3, -0.25) is 0 Å². The van der Waals surface area contributed by atoms with Gasteiger partial charge in [0.25, 0.3) is 0 Å². The number of unbranched alkanes of at least 4 members (excludes halogenated alkanes) is 1. The monoisotopic (exact) mass is 449 g/mol. The molecular weight excluding hydrogens is 418 g/mol. The van der Waals surface area contributed by atoms with E-state index >= 15 is 0 Å². The smallest absolute Gasteiger partial charge is 0.243 e. The zero-order chi connectivity index (χ0) is 21.9. The minimum Gasteiger partial charge on any atom is -0.341 e. The Morgan fingerprint density at radius 1 is 1.13 bits per heavy atom. The molecule has 0 bridgehead atoms. The predicted octanol–water partition coefficient (Wildman–Crippen LogP) is 4.50. The van der Waals surface area contributed by atoms with Crippen molar-refractivity contribution in [1.82, 2.24) is 23.8 Å². The molecule has 0 unspecified atom stereocenters. The summed E-state index contributed by atoms with van der Waals surface area (Å²) in [7, 11) is -3.49. The summed E-state index contributed by atoms with van der Waals surface area (Å²) < 4.78 is 29.3. The Morgan fingerprint density at radius 3 is 2.53 bits per heavy atom. The van der Waals surface area contributed by atoms with Crippen LogP contribution in [-0.4, -0.2) is 45.3 Å². The van der Waals surface area contributed by atoms with E-state index in [1.165, 1.54) is 10.00 Å². The Hall–Kier alpha value is -1.84. The number of aryl methyl sites for hydroxylation is 1. The maximum absolute atomic E-state index is 12.8. The number of imidazole rings is 2. The van der Waals surface area contributed by atoms with E-state index < -0.39 is 10.0 Å². The van der Waals surface area contributed by atoms with E-state index in [1.807, 2.05) is 20.8 Å². The van der Waals surface area contributed by atoms with Crippen LogP contribution in [-0.2, 0) is 22.3 Å². The van der Waals surface area contributed by atoms with Crippen molar-refractivity contribution in [1.29, 1.82) is 0 Å². The number of fused-ring (bicyclic) bond motifs is 1. The van der Waals surface area contributed by atoms with Crippen molar-refractivity contribution in [2.75, 3.05) is 13.1 Å². The number of nitrogens with zero attached hydrogens (tertiary/aromatic N) is 4. The predicted molar refractivity (Wildman–Crippen MR) is 122 cm³/mol. The molecule has 3 aromatic rings. The van der Waals surface area contributed by atoms with Gasteiger partial charge >= 0.3 is 0 Å². The molecule has 164 valence electrons. The zero-order valence-electron chi connectivity index (χ0n) is 18.4. The van der Waals surface area contributed by atoms with E-state index in [0.717, 1.165) is 47.1 Å². The van der Waals surface area contributed by atoms with Gasteiger partial charge in [-0.15, -0.1) is 0 Å². The molecule has 30 heavy (non-hydrogen) atoms. The Morgan fingerprint density at radius 2 is 1.87 bits per heavy atom. The van der Waals surface area contributed by atoms with Gasteiger partial charge in [0, 0.05) is 25.3 Å². The summed E-state index contributed by atoms with van der Waals surface area (Å²) in [6.07, 6.45) is 2.27. The molecule has 0 aliphatic rings. The van der Waals surface area contributed by atoms with E-state index in [4.69, 9.17) is 4.98 Å². The number of sulfonamides is 1. The fourth-order valence-electron chi connectivity index (χ4n) is 3.43. The van der Waals surface area contributed by atoms with Gasteiger partial charge in [-0.05, 0) is 38.5 Å². The SMILES string of the molecule is CCCCn1c(SCc2nc3ccc(S(=O)(=O)N(CC)CC)cc3[nH]2)nc(C)c1C. The average molecular weight is 450 g/mol. The molecule has 0 atom stereocenters. The normalized spacial score (nSPS) is 12.3. The Kier molecular flexibility index (Phi) is 7.26. The lowest BCUT2D eigenvalue weighted by Crippen LogP contribution is -2.30. The fourth-order valence-corrected chi connectivity index (χ4v) is 5.90. The van der Waals surface area contributed by atoms with Crippen LogP contribution in [0.1, 0.15) is 50.8 Å². The van der Waals surface area contributed by atoms with Gasteiger partial charge in [0.15, 0.2) is 5.16 Å². The second-order valence-electron chi connectivity index (χ2n) is 7.31. The molecule has 1 aromatic carbocycles. The molecular formula is C21H31N5O2S2. The molecule has 0 fully saturated rings. The van der Waals surface area contributed by atoms with Gasteiger partial charge in [0.05, 0.1) is 27.4 Å². The third kappa shape index (κ3) is 4.58. The highest BCUT2D eigenvalue weighted by molar-refractivity contribution is 7.98. The van der Waals surface area contributed by atoms with Crippen molar-refractivity contribution in [2.24, 2.45) is 0 Å². The quantitative estimate of drug-likeness (QED) is 0.461. The van der Waals surface area contributed by atoms with Gasteiger partial charge < -0.3 is 9.55 Å². The molecule has 0 radical (unpaired) electrons. The van der Waals surface area contributed by atoms with Crippen LogP contribution in [0.4, 0.5) is 0 Å².